The number of aliphatic hydroxyl groups excluding tert-OH is 1. The summed E-state index contributed by atoms with van der Waals surface area (Å²) in [4.78, 5) is 13.6. The summed E-state index contributed by atoms with van der Waals surface area (Å²) in [6, 6.07) is 1.33. The molecule has 0 radical (unpaired) electrons. The van der Waals surface area contributed by atoms with Gasteiger partial charge in [0.2, 0.25) is 5.91 Å². The standard InChI is InChI=1S/C12H20N4O2/c1-15(2)8-4-5-12(18)14-10(9-17)11-6-7-13-16(11)3/h4-7,10,17H,8-9H2,1-3H3,(H,14,18)/b5-4+. The fraction of sp³-hybridized carbons (Fsp3) is 0.500. The minimum Gasteiger partial charge on any atom is -0.394 e. The minimum absolute atomic E-state index is 0.160. The van der Waals surface area contributed by atoms with Gasteiger partial charge < -0.3 is 15.3 Å². The number of hydrogen-bond acceptors (Lipinski definition) is 4. The molecule has 18 heavy (non-hydrogen) atoms. The van der Waals surface area contributed by atoms with Crippen LogP contribution in [0.15, 0.2) is 24.4 Å². The van der Waals surface area contributed by atoms with Crippen molar-refractivity contribution in [2.24, 2.45) is 7.05 Å². The smallest absolute Gasteiger partial charge is 0.244 e. The van der Waals surface area contributed by atoms with Gasteiger partial charge in [-0.25, -0.2) is 0 Å². The Labute approximate surface area is 107 Å². The van der Waals surface area contributed by atoms with Gasteiger partial charge in [0.15, 0.2) is 0 Å². The van der Waals surface area contributed by atoms with E-state index in [-0.39, 0.29) is 12.5 Å². The largest absolute Gasteiger partial charge is 0.394 e. The van der Waals surface area contributed by atoms with E-state index in [1.807, 2.05) is 19.0 Å². The van der Waals surface area contributed by atoms with Gasteiger partial charge in [-0.05, 0) is 20.2 Å². The van der Waals surface area contributed by atoms with Gasteiger partial charge in [0.05, 0.1) is 18.3 Å². The van der Waals surface area contributed by atoms with E-state index in [9.17, 15) is 9.90 Å². The number of carbonyl (C=O) groups excluding carboxylic acids is 1. The molecule has 1 aromatic heterocycles. The zero-order chi connectivity index (χ0) is 13.5. The highest BCUT2D eigenvalue weighted by Gasteiger charge is 2.15. The van der Waals surface area contributed by atoms with E-state index in [1.165, 1.54) is 6.08 Å². The van der Waals surface area contributed by atoms with Crippen molar-refractivity contribution >= 4 is 5.91 Å². The first-order valence-electron chi connectivity index (χ1n) is 5.75. The second-order valence-corrected chi connectivity index (χ2v) is 4.29. The number of aromatic nitrogens is 2. The van der Waals surface area contributed by atoms with Crippen LogP contribution in [0.5, 0.6) is 0 Å². The molecule has 1 heterocycles. The molecule has 0 aromatic carbocycles. The van der Waals surface area contributed by atoms with Gasteiger partial charge in [-0.15, -0.1) is 0 Å². The lowest BCUT2D eigenvalue weighted by Gasteiger charge is -2.15. The lowest BCUT2D eigenvalue weighted by molar-refractivity contribution is -0.117. The van der Waals surface area contributed by atoms with Crippen LogP contribution in [-0.4, -0.2) is 52.9 Å². The third-order valence-electron chi connectivity index (χ3n) is 2.45. The molecule has 0 aliphatic rings. The molecule has 1 rings (SSSR count). The molecule has 1 amide bonds. The molecule has 6 nitrogen and oxygen atoms in total. The predicted molar refractivity (Wildman–Crippen MR) is 68.9 cm³/mol. The maximum Gasteiger partial charge on any atom is 0.244 e. The molecule has 1 unspecified atom stereocenters. The van der Waals surface area contributed by atoms with Crippen LogP contribution in [-0.2, 0) is 11.8 Å². The van der Waals surface area contributed by atoms with Crippen molar-refractivity contribution in [3.05, 3.63) is 30.1 Å². The Kier molecular flexibility index (Phi) is 5.54. The molecule has 100 valence electrons. The summed E-state index contributed by atoms with van der Waals surface area (Å²) < 4.78 is 1.63. The van der Waals surface area contributed by atoms with Crippen LogP contribution in [0.1, 0.15) is 11.7 Å². The van der Waals surface area contributed by atoms with Crippen LogP contribution in [0.4, 0.5) is 0 Å². The number of aryl methyl sites for hydroxylation is 1. The molecule has 0 aliphatic carbocycles. The lowest BCUT2D eigenvalue weighted by Crippen LogP contribution is -2.31. The number of likely N-dealkylation sites (N-methyl/N-ethyl adjacent to an activating group) is 1. The van der Waals surface area contributed by atoms with Crippen molar-refractivity contribution in [3.63, 3.8) is 0 Å². The fourth-order valence-corrected chi connectivity index (χ4v) is 1.53. The molecule has 1 aromatic rings. The molecule has 1 atom stereocenters. The lowest BCUT2D eigenvalue weighted by atomic mass is 10.2. The maximum absolute atomic E-state index is 11.6. The quantitative estimate of drug-likeness (QED) is 0.681. The molecule has 0 fully saturated rings. The van der Waals surface area contributed by atoms with Gasteiger partial charge in [-0.1, -0.05) is 6.08 Å². The first-order valence-corrected chi connectivity index (χ1v) is 5.75. The molecule has 0 spiro atoms. The zero-order valence-electron chi connectivity index (χ0n) is 11.0. The van der Waals surface area contributed by atoms with E-state index in [0.29, 0.717) is 6.54 Å². The first-order chi connectivity index (χ1) is 8.54. The van der Waals surface area contributed by atoms with Crippen LogP contribution < -0.4 is 5.32 Å². The Morgan fingerprint density at radius 1 is 1.67 bits per heavy atom. The highest BCUT2D eigenvalue weighted by molar-refractivity contribution is 5.87. The van der Waals surface area contributed by atoms with Crippen LogP contribution >= 0.6 is 0 Å². The van der Waals surface area contributed by atoms with Gasteiger partial charge in [0.1, 0.15) is 0 Å². The Morgan fingerprint density at radius 3 is 2.89 bits per heavy atom. The molecular weight excluding hydrogens is 232 g/mol. The van der Waals surface area contributed by atoms with E-state index in [1.54, 1.807) is 30.1 Å². The highest BCUT2D eigenvalue weighted by atomic mass is 16.3. The van der Waals surface area contributed by atoms with E-state index in [0.717, 1.165) is 5.69 Å². The molecule has 6 heteroatoms. The fourth-order valence-electron chi connectivity index (χ4n) is 1.53. The van der Waals surface area contributed by atoms with Crippen molar-refractivity contribution in [1.82, 2.24) is 20.0 Å². The van der Waals surface area contributed by atoms with Crippen molar-refractivity contribution in [3.8, 4) is 0 Å². The SMILES string of the molecule is CN(C)C/C=C/C(=O)NC(CO)c1ccnn1C. The summed E-state index contributed by atoms with van der Waals surface area (Å²) in [6.07, 6.45) is 4.87. The van der Waals surface area contributed by atoms with Crippen molar-refractivity contribution < 1.29 is 9.90 Å². The molecular formula is C12H20N4O2. The highest BCUT2D eigenvalue weighted by Crippen LogP contribution is 2.10. The predicted octanol–water partition coefficient (Wildman–Crippen LogP) is -0.313. The zero-order valence-corrected chi connectivity index (χ0v) is 11.0. The van der Waals surface area contributed by atoms with Crippen LogP contribution in [0.2, 0.25) is 0 Å². The van der Waals surface area contributed by atoms with E-state index >= 15 is 0 Å². The number of amides is 1. The summed E-state index contributed by atoms with van der Waals surface area (Å²) in [5, 5.41) is 16.0. The van der Waals surface area contributed by atoms with Gasteiger partial charge in [0.25, 0.3) is 0 Å². The van der Waals surface area contributed by atoms with Crippen LogP contribution in [0.25, 0.3) is 0 Å². The van der Waals surface area contributed by atoms with E-state index < -0.39 is 6.04 Å². The molecule has 0 bridgehead atoms. The van der Waals surface area contributed by atoms with Gasteiger partial charge in [0, 0.05) is 25.9 Å². The Morgan fingerprint density at radius 2 is 2.39 bits per heavy atom. The topological polar surface area (TPSA) is 70.4 Å². The van der Waals surface area contributed by atoms with E-state index in [4.69, 9.17) is 0 Å². The molecule has 2 N–H and O–H groups in total. The Hall–Kier alpha value is -1.66. The minimum atomic E-state index is -0.436. The third-order valence-corrected chi connectivity index (χ3v) is 2.45. The number of nitrogens with zero attached hydrogens (tertiary/aromatic N) is 3. The monoisotopic (exact) mass is 252 g/mol. The summed E-state index contributed by atoms with van der Waals surface area (Å²) in [5.74, 6) is -0.225. The summed E-state index contributed by atoms with van der Waals surface area (Å²) >= 11 is 0. The number of carbonyl (C=O) groups is 1. The second kappa shape index (κ2) is 6.93. The summed E-state index contributed by atoms with van der Waals surface area (Å²) in [7, 11) is 5.62. The summed E-state index contributed by atoms with van der Waals surface area (Å²) in [6.45, 7) is 0.537. The first kappa shape index (κ1) is 14.4. The van der Waals surface area contributed by atoms with Crippen LogP contribution in [0.3, 0.4) is 0 Å². The second-order valence-electron chi connectivity index (χ2n) is 4.29. The maximum atomic E-state index is 11.6. The van der Waals surface area contributed by atoms with Crippen molar-refractivity contribution in [1.29, 1.82) is 0 Å². The number of aliphatic hydroxyl groups is 1. The molecule has 0 aliphatic heterocycles. The Balaban J connectivity index is 2.56. The normalized spacial score (nSPS) is 13.2. The van der Waals surface area contributed by atoms with Gasteiger partial charge >= 0.3 is 0 Å². The average molecular weight is 252 g/mol. The van der Waals surface area contributed by atoms with E-state index in [2.05, 4.69) is 10.4 Å². The number of nitrogens with one attached hydrogen (secondary N) is 1. The number of hydrogen-bond donors (Lipinski definition) is 2. The Bertz CT molecular complexity index is 412. The van der Waals surface area contributed by atoms with Gasteiger partial charge in [-0.2, -0.15) is 5.10 Å². The molecule has 0 saturated heterocycles. The van der Waals surface area contributed by atoms with Gasteiger partial charge in [-0.3, -0.25) is 9.48 Å². The number of rotatable bonds is 6. The molecule has 0 saturated carbocycles. The third kappa shape index (κ3) is 4.31. The summed E-state index contributed by atoms with van der Waals surface area (Å²) in [5.41, 5.74) is 0.770. The average Bonchev–Trinajstić information content (AvgIpc) is 2.72. The van der Waals surface area contributed by atoms with Crippen molar-refractivity contribution in [2.75, 3.05) is 27.2 Å². The van der Waals surface area contributed by atoms with Crippen LogP contribution in [0, 0.1) is 0 Å². The van der Waals surface area contributed by atoms with Crippen molar-refractivity contribution in [2.45, 2.75) is 6.04 Å².